The van der Waals surface area contributed by atoms with E-state index in [4.69, 9.17) is 11.6 Å². The van der Waals surface area contributed by atoms with Crippen molar-refractivity contribution in [2.45, 2.75) is 69.2 Å². The van der Waals surface area contributed by atoms with E-state index in [1.54, 1.807) is 12.1 Å². The van der Waals surface area contributed by atoms with Gasteiger partial charge in [-0.1, -0.05) is 0 Å². The molecule has 170 valence electrons. The number of piperidine rings is 1. The van der Waals surface area contributed by atoms with Crippen molar-refractivity contribution in [3.63, 3.8) is 0 Å². The number of carbonyl (C=O) groups excluding carboxylic acids is 2. The van der Waals surface area contributed by atoms with Crippen molar-refractivity contribution in [1.29, 1.82) is 0 Å². The first kappa shape index (κ1) is 22.7. The Balaban J connectivity index is 1.11. The third kappa shape index (κ3) is 6.07. The van der Waals surface area contributed by atoms with Gasteiger partial charge in [0, 0.05) is 28.8 Å². The van der Waals surface area contributed by atoms with E-state index in [2.05, 4.69) is 10.2 Å². The number of benzene rings is 1. The van der Waals surface area contributed by atoms with Crippen LogP contribution in [0.15, 0.2) is 24.3 Å². The molecule has 1 N–H and O–H groups in total. The van der Waals surface area contributed by atoms with E-state index in [0.717, 1.165) is 64.1 Å². The van der Waals surface area contributed by atoms with Gasteiger partial charge < -0.3 is 10.2 Å². The minimum Gasteiger partial charge on any atom is -0.353 e. The van der Waals surface area contributed by atoms with E-state index in [9.17, 15) is 14.0 Å². The van der Waals surface area contributed by atoms with Crippen molar-refractivity contribution in [3.05, 3.63) is 35.6 Å². The van der Waals surface area contributed by atoms with Crippen molar-refractivity contribution < 1.29 is 14.0 Å². The van der Waals surface area contributed by atoms with Crippen LogP contribution in [0.25, 0.3) is 0 Å². The molecule has 1 heterocycles. The molecular formula is C25H34ClFN2O2. The molecule has 0 aromatic heterocycles. The Morgan fingerprint density at radius 3 is 2.23 bits per heavy atom. The van der Waals surface area contributed by atoms with Crippen LogP contribution in [-0.2, 0) is 4.79 Å². The van der Waals surface area contributed by atoms with Gasteiger partial charge in [0.25, 0.3) is 0 Å². The molecule has 1 aliphatic heterocycles. The lowest BCUT2D eigenvalue weighted by atomic mass is 9.81. The van der Waals surface area contributed by atoms with Crippen LogP contribution in [-0.4, -0.2) is 47.6 Å². The van der Waals surface area contributed by atoms with Crippen LogP contribution in [0.1, 0.15) is 68.1 Å². The average molecular weight is 449 g/mol. The van der Waals surface area contributed by atoms with Crippen molar-refractivity contribution in [2.24, 2.45) is 17.8 Å². The second-order valence-electron chi connectivity index (χ2n) is 9.77. The number of rotatable bonds is 7. The molecule has 1 amide bonds. The maximum atomic E-state index is 13.1. The van der Waals surface area contributed by atoms with E-state index in [0.29, 0.717) is 11.6 Å². The molecule has 0 atom stereocenters. The van der Waals surface area contributed by atoms with E-state index < -0.39 is 0 Å². The molecule has 0 unspecified atom stereocenters. The Hall–Kier alpha value is -1.46. The zero-order valence-electron chi connectivity index (χ0n) is 18.2. The van der Waals surface area contributed by atoms with Crippen LogP contribution in [0.5, 0.6) is 0 Å². The first-order valence-corrected chi connectivity index (χ1v) is 12.4. The van der Waals surface area contributed by atoms with Gasteiger partial charge in [0.1, 0.15) is 5.82 Å². The molecule has 0 radical (unpaired) electrons. The van der Waals surface area contributed by atoms with E-state index in [1.165, 1.54) is 31.4 Å². The highest BCUT2D eigenvalue weighted by atomic mass is 35.5. The normalized spacial score (nSPS) is 29.9. The summed E-state index contributed by atoms with van der Waals surface area (Å²) in [6, 6.07) is 6.27. The molecule has 1 aromatic rings. The molecule has 1 saturated heterocycles. The molecule has 31 heavy (non-hydrogen) atoms. The number of ketones is 1. The third-order valence-electron chi connectivity index (χ3n) is 7.59. The van der Waals surface area contributed by atoms with Crippen molar-refractivity contribution >= 4 is 23.3 Å². The highest BCUT2D eigenvalue weighted by Crippen LogP contribution is 2.33. The number of amides is 1. The van der Waals surface area contributed by atoms with Crippen LogP contribution in [0.3, 0.4) is 0 Å². The Morgan fingerprint density at radius 2 is 1.61 bits per heavy atom. The van der Waals surface area contributed by atoms with Crippen LogP contribution in [0, 0.1) is 23.6 Å². The first-order valence-electron chi connectivity index (χ1n) is 11.9. The Kier molecular flexibility index (Phi) is 7.65. The topological polar surface area (TPSA) is 49.4 Å². The second-order valence-corrected chi connectivity index (χ2v) is 10.4. The SMILES string of the molecule is O=C(N[C@H]1CC[C@H](CCN2CCC(C(=O)c3ccc(F)cc3)CC2)CC1)C1CC(Cl)C1. The molecule has 3 aliphatic rings. The summed E-state index contributed by atoms with van der Waals surface area (Å²) in [5.74, 6) is 0.999. The van der Waals surface area contributed by atoms with Gasteiger partial charge in [-0.3, -0.25) is 9.59 Å². The molecule has 1 aromatic carbocycles. The lowest BCUT2D eigenvalue weighted by Gasteiger charge is -2.35. The zero-order chi connectivity index (χ0) is 21.8. The number of carbonyl (C=O) groups is 2. The fourth-order valence-corrected chi connectivity index (χ4v) is 5.74. The molecule has 2 saturated carbocycles. The Morgan fingerprint density at radius 1 is 0.968 bits per heavy atom. The monoisotopic (exact) mass is 448 g/mol. The fourth-order valence-electron chi connectivity index (χ4n) is 5.31. The minimum absolute atomic E-state index is 0.0607. The number of Topliss-reactive ketones (excluding diaryl/α,β-unsaturated/α-hetero) is 1. The Labute approximate surface area is 189 Å². The highest BCUT2D eigenvalue weighted by molar-refractivity contribution is 6.21. The van der Waals surface area contributed by atoms with Gasteiger partial charge in [-0.2, -0.15) is 0 Å². The highest BCUT2D eigenvalue weighted by Gasteiger charge is 2.34. The minimum atomic E-state index is -0.300. The summed E-state index contributed by atoms with van der Waals surface area (Å²) in [5, 5.41) is 3.43. The van der Waals surface area contributed by atoms with Crippen LogP contribution in [0.2, 0.25) is 0 Å². The van der Waals surface area contributed by atoms with Gasteiger partial charge in [0.05, 0.1) is 0 Å². The van der Waals surface area contributed by atoms with Crippen molar-refractivity contribution in [3.8, 4) is 0 Å². The van der Waals surface area contributed by atoms with Gasteiger partial charge >= 0.3 is 0 Å². The van der Waals surface area contributed by atoms with Gasteiger partial charge in [0.15, 0.2) is 5.78 Å². The number of nitrogens with zero attached hydrogens (tertiary/aromatic N) is 1. The fraction of sp³-hybridized carbons (Fsp3) is 0.680. The van der Waals surface area contributed by atoms with E-state index in [1.807, 2.05) is 0 Å². The number of alkyl halides is 1. The molecule has 0 bridgehead atoms. The number of nitrogens with one attached hydrogen (secondary N) is 1. The summed E-state index contributed by atoms with van der Waals surface area (Å²) >= 11 is 5.99. The zero-order valence-corrected chi connectivity index (χ0v) is 19.0. The van der Waals surface area contributed by atoms with E-state index >= 15 is 0 Å². The van der Waals surface area contributed by atoms with Gasteiger partial charge in [0.2, 0.25) is 5.91 Å². The number of likely N-dealkylation sites (tertiary alicyclic amines) is 1. The predicted molar refractivity (Wildman–Crippen MR) is 121 cm³/mol. The standard InChI is InChI=1S/C25H34ClFN2O2/c26-21-15-20(16-21)25(31)28-23-7-1-17(2-8-23)9-12-29-13-10-19(11-14-29)24(30)18-3-5-22(27)6-4-18/h3-6,17,19-21,23H,1-2,7-16H2,(H,28,31)/t17-,20?,21?,23-. The maximum Gasteiger partial charge on any atom is 0.223 e. The maximum absolute atomic E-state index is 13.1. The first-order chi connectivity index (χ1) is 15.0. The molecule has 4 nitrogen and oxygen atoms in total. The largest absolute Gasteiger partial charge is 0.353 e. The van der Waals surface area contributed by atoms with Crippen molar-refractivity contribution in [1.82, 2.24) is 10.2 Å². The van der Waals surface area contributed by atoms with Crippen LogP contribution < -0.4 is 5.32 Å². The van der Waals surface area contributed by atoms with Gasteiger partial charge in [-0.25, -0.2) is 4.39 Å². The smallest absolute Gasteiger partial charge is 0.223 e. The van der Waals surface area contributed by atoms with Crippen LogP contribution >= 0.6 is 11.6 Å². The summed E-state index contributed by atoms with van der Waals surface area (Å²) in [6.07, 6.45) is 9.18. The lowest BCUT2D eigenvalue weighted by molar-refractivity contribution is -0.128. The number of halogens is 2. The predicted octanol–water partition coefficient (Wildman–Crippen LogP) is 4.80. The molecule has 0 spiro atoms. The Bertz CT molecular complexity index is 749. The number of hydrogen-bond donors (Lipinski definition) is 1. The molecule has 6 heteroatoms. The summed E-state index contributed by atoms with van der Waals surface area (Å²) in [6.45, 7) is 3.02. The summed E-state index contributed by atoms with van der Waals surface area (Å²) in [7, 11) is 0. The molecule has 4 rings (SSSR count). The van der Waals surface area contributed by atoms with Gasteiger partial charge in [-0.05, 0) is 108 Å². The van der Waals surface area contributed by atoms with E-state index in [-0.39, 0.29) is 34.7 Å². The summed E-state index contributed by atoms with van der Waals surface area (Å²) in [4.78, 5) is 27.3. The summed E-state index contributed by atoms with van der Waals surface area (Å²) in [5.41, 5.74) is 0.628. The average Bonchev–Trinajstić information content (AvgIpc) is 2.77. The lowest BCUT2D eigenvalue weighted by Crippen LogP contribution is -2.45. The second kappa shape index (κ2) is 10.4. The molecular weight excluding hydrogens is 415 g/mol. The third-order valence-corrected chi connectivity index (χ3v) is 7.94. The number of hydrogen-bond acceptors (Lipinski definition) is 3. The quantitative estimate of drug-likeness (QED) is 0.481. The van der Waals surface area contributed by atoms with Crippen molar-refractivity contribution in [2.75, 3.05) is 19.6 Å². The van der Waals surface area contributed by atoms with Gasteiger partial charge in [-0.15, -0.1) is 11.6 Å². The van der Waals surface area contributed by atoms with Crippen LogP contribution in [0.4, 0.5) is 4.39 Å². The molecule has 2 aliphatic carbocycles. The summed E-state index contributed by atoms with van der Waals surface area (Å²) < 4.78 is 13.1. The molecule has 3 fully saturated rings.